The van der Waals surface area contributed by atoms with Gasteiger partial charge in [-0.3, -0.25) is 4.90 Å². The fourth-order valence-electron chi connectivity index (χ4n) is 2.32. The number of allylic oxidation sites excluding steroid dienone is 2. The third-order valence-corrected chi connectivity index (χ3v) is 3.89. The van der Waals surface area contributed by atoms with E-state index in [0.29, 0.717) is 0 Å². The van der Waals surface area contributed by atoms with Crippen molar-refractivity contribution < 1.29 is 0 Å². The third-order valence-electron chi connectivity index (χ3n) is 3.29. The standard InChI is InChI=1S/C15H17N3S/c1-3-5-13-6-7-18(9-12(13)4-2)15(8-16)14-10-19-11-17-14/h3-5,10-11,15H,2,6-7,9H2,1H3/b5-3-. The van der Waals surface area contributed by atoms with Crippen molar-refractivity contribution in [2.24, 2.45) is 0 Å². The summed E-state index contributed by atoms with van der Waals surface area (Å²) in [4.78, 5) is 6.43. The number of hydrogen-bond acceptors (Lipinski definition) is 4. The molecular formula is C15H17N3S. The molecular weight excluding hydrogens is 254 g/mol. The van der Waals surface area contributed by atoms with Gasteiger partial charge in [0, 0.05) is 18.5 Å². The molecule has 0 amide bonds. The molecule has 1 aromatic rings. The minimum Gasteiger partial charge on any atom is -0.278 e. The van der Waals surface area contributed by atoms with Gasteiger partial charge in [-0.2, -0.15) is 5.26 Å². The summed E-state index contributed by atoms with van der Waals surface area (Å²) in [6.07, 6.45) is 7.04. The first-order valence-corrected chi connectivity index (χ1v) is 7.23. The molecule has 2 heterocycles. The SMILES string of the molecule is C=CC1=C(/C=C\C)CCN(C(C#N)c2cscn2)C1. The topological polar surface area (TPSA) is 39.9 Å². The summed E-state index contributed by atoms with van der Waals surface area (Å²) in [5.41, 5.74) is 5.16. The van der Waals surface area contributed by atoms with Gasteiger partial charge in [-0.15, -0.1) is 11.3 Å². The summed E-state index contributed by atoms with van der Waals surface area (Å²) in [7, 11) is 0. The molecule has 0 spiro atoms. The van der Waals surface area contributed by atoms with E-state index in [-0.39, 0.29) is 6.04 Å². The minimum atomic E-state index is -0.256. The second-order valence-electron chi connectivity index (χ2n) is 4.42. The predicted octanol–water partition coefficient (Wildman–Crippen LogP) is 3.47. The van der Waals surface area contributed by atoms with Gasteiger partial charge < -0.3 is 0 Å². The van der Waals surface area contributed by atoms with Crippen LogP contribution in [-0.2, 0) is 0 Å². The molecule has 1 unspecified atom stereocenters. The van der Waals surface area contributed by atoms with Crippen LogP contribution in [0.25, 0.3) is 0 Å². The van der Waals surface area contributed by atoms with Crippen molar-refractivity contribution in [3.8, 4) is 6.07 Å². The molecule has 0 fully saturated rings. The first-order valence-electron chi connectivity index (χ1n) is 6.29. The van der Waals surface area contributed by atoms with E-state index in [4.69, 9.17) is 0 Å². The quantitative estimate of drug-likeness (QED) is 0.841. The number of hydrogen-bond donors (Lipinski definition) is 0. The Hall–Kier alpha value is -1.70. The number of rotatable bonds is 4. The zero-order valence-corrected chi connectivity index (χ0v) is 11.9. The Morgan fingerprint density at radius 3 is 3.00 bits per heavy atom. The lowest BCUT2D eigenvalue weighted by molar-refractivity contribution is 0.247. The molecule has 0 N–H and O–H groups in total. The first kappa shape index (κ1) is 13.7. The van der Waals surface area contributed by atoms with Crippen molar-refractivity contribution in [2.45, 2.75) is 19.4 Å². The van der Waals surface area contributed by atoms with Crippen LogP contribution in [0.3, 0.4) is 0 Å². The highest BCUT2D eigenvalue weighted by Crippen LogP contribution is 2.27. The van der Waals surface area contributed by atoms with Crippen molar-refractivity contribution in [1.29, 1.82) is 5.26 Å². The molecule has 0 radical (unpaired) electrons. The van der Waals surface area contributed by atoms with Gasteiger partial charge in [-0.25, -0.2) is 4.98 Å². The Morgan fingerprint density at radius 1 is 1.58 bits per heavy atom. The van der Waals surface area contributed by atoms with Crippen LogP contribution in [0.1, 0.15) is 25.1 Å². The molecule has 98 valence electrons. The average molecular weight is 271 g/mol. The van der Waals surface area contributed by atoms with Crippen molar-refractivity contribution in [2.75, 3.05) is 13.1 Å². The van der Waals surface area contributed by atoms with Gasteiger partial charge >= 0.3 is 0 Å². The first-order chi connectivity index (χ1) is 9.30. The molecule has 0 aliphatic carbocycles. The molecule has 3 nitrogen and oxygen atoms in total. The summed E-state index contributed by atoms with van der Waals surface area (Å²) in [6.45, 7) is 7.55. The maximum Gasteiger partial charge on any atom is 0.142 e. The van der Waals surface area contributed by atoms with E-state index >= 15 is 0 Å². The molecule has 0 saturated heterocycles. The van der Waals surface area contributed by atoms with E-state index < -0.39 is 0 Å². The fourth-order valence-corrected chi connectivity index (χ4v) is 2.90. The van der Waals surface area contributed by atoms with Crippen LogP contribution in [0, 0.1) is 11.3 Å². The molecule has 0 bridgehead atoms. The molecule has 19 heavy (non-hydrogen) atoms. The predicted molar refractivity (Wildman–Crippen MR) is 78.7 cm³/mol. The Labute approximate surface area is 118 Å². The fraction of sp³-hybridized carbons (Fsp3) is 0.333. The Morgan fingerprint density at radius 2 is 2.42 bits per heavy atom. The molecule has 4 heteroatoms. The monoisotopic (exact) mass is 271 g/mol. The highest BCUT2D eigenvalue weighted by Gasteiger charge is 2.25. The van der Waals surface area contributed by atoms with E-state index in [1.54, 1.807) is 5.51 Å². The van der Waals surface area contributed by atoms with Crippen molar-refractivity contribution in [3.63, 3.8) is 0 Å². The molecule has 1 aromatic heterocycles. The van der Waals surface area contributed by atoms with Crippen LogP contribution in [0.5, 0.6) is 0 Å². The van der Waals surface area contributed by atoms with Gasteiger partial charge in [0.2, 0.25) is 0 Å². The van der Waals surface area contributed by atoms with Crippen LogP contribution >= 0.6 is 11.3 Å². The van der Waals surface area contributed by atoms with Gasteiger partial charge in [0.05, 0.1) is 17.3 Å². The number of aromatic nitrogens is 1. The van der Waals surface area contributed by atoms with Crippen molar-refractivity contribution in [3.05, 3.63) is 52.5 Å². The van der Waals surface area contributed by atoms with Crippen LogP contribution in [0.4, 0.5) is 0 Å². The van der Waals surface area contributed by atoms with Crippen LogP contribution in [0.2, 0.25) is 0 Å². The summed E-state index contributed by atoms with van der Waals surface area (Å²) >= 11 is 1.53. The molecule has 2 rings (SSSR count). The second-order valence-corrected chi connectivity index (χ2v) is 5.14. The lowest BCUT2D eigenvalue weighted by Crippen LogP contribution is -2.34. The van der Waals surface area contributed by atoms with Crippen LogP contribution < -0.4 is 0 Å². The molecule has 0 aromatic carbocycles. The normalized spacial score (nSPS) is 18.5. The van der Waals surface area contributed by atoms with E-state index in [1.165, 1.54) is 22.5 Å². The van der Waals surface area contributed by atoms with E-state index in [9.17, 15) is 5.26 Å². The maximum absolute atomic E-state index is 9.40. The average Bonchev–Trinajstić information content (AvgIpc) is 2.95. The van der Waals surface area contributed by atoms with E-state index in [0.717, 1.165) is 25.2 Å². The second kappa shape index (κ2) is 6.46. The van der Waals surface area contributed by atoms with Gasteiger partial charge in [-0.1, -0.05) is 24.8 Å². The Kier molecular flexibility index (Phi) is 4.67. The summed E-state index contributed by atoms with van der Waals surface area (Å²) < 4.78 is 0. The van der Waals surface area contributed by atoms with Crippen LogP contribution in [-0.4, -0.2) is 23.0 Å². The van der Waals surface area contributed by atoms with Gasteiger partial charge in [0.25, 0.3) is 0 Å². The van der Waals surface area contributed by atoms with E-state index in [2.05, 4.69) is 34.7 Å². The zero-order valence-electron chi connectivity index (χ0n) is 11.0. The Bertz CT molecular complexity index is 534. The lowest BCUT2D eigenvalue weighted by atomic mass is 9.98. The van der Waals surface area contributed by atoms with Crippen molar-refractivity contribution in [1.82, 2.24) is 9.88 Å². The zero-order chi connectivity index (χ0) is 13.7. The van der Waals surface area contributed by atoms with Crippen LogP contribution in [0.15, 0.2) is 46.8 Å². The summed E-state index contributed by atoms with van der Waals surface area (Å²) in [5, 5.41) is 11.3. The Balaban J connectivity index is 2.21. The number of nitrogens with zero attached hydrogens (tertiary/aromatic N) is 3. The van der Waals surface area contributed by atoms with Gasteiger partial charge in [-0.05, 0) is 24.5 Å². The third kappa shape index (κ3) is 3.01. The summed E-state index contributed by atoms with van der Waals surface area (Å²) in [5.74, 6) is 0. The molecule has 1 atom stereocenters. The smallest absolute Gasteiger partial charge is 0.142 e. The highest BCUT2D eigenvalue weighted by molar-refractivity contribution is 7.07. The summed E-state index contributed by atoms with van der Waals surface area (Å²) in [6, 6.07) is 2.10. The van der Waals surface area contributed by atoms with E-state index in [1.807, 2.05) is 18.4 Å². The van der Waals surface area contributed by atoms with Crippen molar-refractivity contribution >= 4 is 11.3 Å². The molecule has 1 aliphatic rings. The molecule has 0 saturated carbocycles. The highest BCUT2D eigenvalue weighted by atomic mass is 32.1. The van der Waals surface area contributed by atoms with Gasteiger partial charge in [0.1, 0.15) is 6.04 Å². The minimum absolute atomic E-state index is 0.256. The number of nitriles is 1. The lowest BCUT2D eigenvalue weighted by Gasteiger charge is -2.31. The molecule has 1 aliphatic heterocycles. The maximum atomic E-state index is 9.40. The number of thiazole rings is 1. The van der Waals surface area contributed by atoms with Gasteiger partial charge in [0.15, 0.2) is 0 Å². The largest absolute Gasteiger partial charge is 0.278 e.